The van der Waals surface area contributed by atoms with E-state index < -0.39 is 5.97 Å². The Morgan fingerprint density at radius 2 is 2.05 bits per heavy atom. The van der Waals surface area contributed by atoms with Crippen LogP contribution in [0, 0.1) is 0 Å². The van der Waals surface area contributed by atoms with Crippen LogP contribution in [0.3, 0.4) is 0 Å². The molecule has 100 valence electrons. The van der Waals surface area contributed by atoms with Crippen molar-refractivity contribution in [1.29, 1.82) is 0 Å². The molecular formula is C14H15ClN2O2. The molecule has 0 amide bonds. The van der Waals surface area contributed by atoms with Crippen LogP contribution in [0.2, 0.25) is 0 Å². The number of carboxylic acid groups (broad SMARTS) is 1. The zero-order chi connectivity index (χ0) is 13.0. The maximum atomic E-state index is 10.6. The fourth-order valence-electron chi connectivity index (χ4n) is 1.75. The Labute approximate surface area is 118 Å². The molecule has 5 heteroatoms. The second-order valence-corrected chi connectivity index (χ2v) is 4.10. The van der Waals surface area contributed by atoms with E-state index in [9.17, 15) is 4.79 Å². The van der Waals surface area contributed by atoms with Gasteiger partial charge in [-0.3, -0.25) is 0 Å². The fourth-order valence-corrected chi connectivity index (χ4v) is 1.75. The highest BCUT2D eigenvalue weighted by atomic mass is 35.5. The highest BCUT2D eigenvalue weighted by Gasteiger charge is 2.07. The summed E-state index contributed by atoms with van der Waals surface area (Å²) < 4.78 is 3.59. The van der Waals surface area contributed by atoms with Crippen LogP contribution in [0.4, 0.5) is 0 Å². The maximum Gasteiger partial charge on any atom is 0.346 e. The summed E-state index contributed by atoms with van der Waals surface area (Å²) in [4.78, 5) is 10.6. The van der Waals surface area contributed by atoms with E-state index in [4.69, 9.17) is 5.11 Å². The Bertz CT molecular complexity index is 561. The highest BCUT2D eigenvalue weighted by molar-refractivity contribution is 5.66. The molecule has 4 nitrogen and oxygen atoms in total. The van der Waals surface area contributed by atoms with Crippen LogP contribution in [-0.4, -0.2) is 15.6 Å². The monoisotopic (exact) mass is 278 g/mol. The molecule has 1 aromatic heterocycles. The lowest BCUT2D eigenvalue weighted by atomic mass is 10.1. The van der Waals surface area contributed by atoms with E-state index in [0.717, 1.165) is 12.1 Å². The van der Waals surface area contributed by atoms with Gasteiger partial charge in [0.25, 0.3) is 0 Å². The summed E-state index contributed by atoms with van der Waals surface area (Å²) in [6.45, 7) is 4.43. The third-order valence-electron chi connectivity index (χ3n) is 2.64. The Hall–Kier alpha value is -2.07. The molecule has 0 saturated heterocycles. The molecule has 19 heavy (non-hydrogen) atoms. The summed E-state index contributed by atoms with van der Waals surface area (Å²) in [6.07, 6.45) is 7.21. The van der Waals surface area contributed by atoms with Gasteiger partial charge in [0.15, 0.2) is 6.54 Å². The van der Waals surface area contributed by atoms with E-state index in [2.05, 4.69) is 6.58 Å². The molecule has 1 heterocycles. The number of carboxylic acids is 1. The van der Waals surface area contributed by atoms with Crippen molar-refractivity contribution >= 4 is 12.0 Å². The van der Waals surface area contributed by atoms with Gasteiger partial charge in [-0.05, 0) is 11.1 Å². The van der Waals surface area contributed by atoms with Gasteiger partial charge in [0.05, 0.1) is 0 Å². The van der Waals surface area contributed by atoms with Crippen LogP contribution in [0.15, 0.2) is 49.6 Å². The van der Waals surface area contributed by atoms with Crippen molar-refractivity contribution in [3.63, 3.8) is 0 Å². The Morgan fingerprint density at radius 1 is 1.37 bits per heavy atom. The van der Waals surface area contributed by atoms with Crippen molar-refractivity contribution in [2.45, 2.75) is 13.1 Å². The highest BCUT2D eigenvalue weighted by Crippen LogP contribution is 2.05. The first-order valence-electron chi connectivity index (χ1n) is 5.65. The zero-order valence-corrected chi connectivity index (χ0v) is 11.1. The number of carbonyl (C=O) groups is 1. The average molecular weight is 279 g/mol. The van der Waals surface area contributed by atoms with Crippen molar-refractivity contribution in [1.82, 2.24) is 4.57 Å². The second-order valence-electron chi connectivity index (χ2n) is 4.10. The van der Waals surface area contributed by atoms with E-state index in [0.29, 0.717) is 0 Å². The molecule has 0 unspecified atom stereocenters. The van der Waals surface area contributed by atoms with Crippen LogP contribution >= 0.6 is 0 Å². The number of nitrogens with zero attached hydrogens (tertiary/aromatic N) is 2. The number of hydrogen-bond acceptors (Lipinski definition) is 1. The lowest BCUT2D eigenvalue weighted by molar-refractivity contribution is -0.687. The molecule has 0 spiro atoms. The van der Waals surface area contributed by atoms with Gasteiger partial charge in [-0.25, -0.2) is 13.9 Å². The summed E-state index contributed by atoms with van der Waals surface area (Å²) in [7, 11) is 0. The molecule has 0 aliphatic rings. The maximum absolute atomic E-state index is 10.6. The smallest absolute Gasteiger partial charge is 0.346 e. The van der Waals surface area contributed by atoms with Crippen LogP contribution in [0.1, 0.15) is 11.1 Å². The lowest BCUT2D eigenvalue weighted by Gasteiger charge is -1.98. The van der Waals surface area contributed by atoms with Gasteiger partial charge in [-0.2, -0.15) is 0 Å². The summed E-state index contributed by atoms with van der Waals surface area (Å²) in [5.74, 6) is -0.840. The molecule has 2 aromatic rings. The Kier molecular flexibility index (Phi) is 5.33. The number of halogens is 1. The number of benzene rings is 1. The van der Waals surface area contributed by atoms with E-state index >= 15 is 0 Å². The van der Waals surface area contributed by atoms with Crippen molar-refractivity contribution in [2.75, 3.05) is 0 Å². The first-order valence-corrected chi connectivity index (χ1v) is 5.65. The third kappa shape index (κ3) is 4.26. The Morgan fingerprint density at radius 3 is 2.63 bits per heavy atom. The van der Waals surface area contributed by atoms with Crippen LogP contribution in [0.5, 0.6) is 0 Å². The zero-order valence-electron chi connectivity index (χ0n) is 10.4. The second kappa shape index (κ2) is 6.75. The van der Waals surface area contributed by atoms with Crippen molar-refractivity contribution in [3.8, 4) is 0 Å². The van der Waals surface area contributed by atoms with E-state index in [1.54, 1.807) is 23.2 Å². The lowest BCUT2D eigenvalue weighted by Crippen LogP contribution is -3.00. The minimum atomic E-state index is -0.840. The first-order chi connectivity index (χ1) is 8.67. The molecule has 0 fully saturated rings. The molecule has 0 atom stereocenters. The topological polar surface area (TPSA) is 46.1 Å². The minimum absolute atomic E-state index is 0. The minimum Gasteiger partial charge on any atom is -1.00 e. The fraction of sp³-hybridized carbons (Fsp3) is 0.143. The number of aromatic nitrogens is 2. The largest absolute Gasteiger partial charge is 1.00 e. The first kappa shape index (κ1) is 15.0. The van der Waals surface area contributed by atoms with E-state index in [-0.39, 0.29) is 19.0 Å². The summed E-state index contributed by atoms with van der Waals surface area (Å²) in [5, 5.41) is 8.68. The molecule has 0 aliphatic heterocycles. The average Bonchev–Trinajstić information content (AvgIpc) is 2.76. The number of hydrogen-bond donors (Lipinski definition) is 1. The Balaban J connectivity index is 0.00000180. The molecule has 1 N–H and O–H groups in total. The van der Waals surface area contributed by atoms with Crippen LogP contribution in [0.25, 0.3) is 6.08 Å². The van der Waals surface area contributed by atoms with Gasteiger partial charge >= 0.3 is 5.97 Å². The third-order valence-corrected chi connectivity index (χ3v) is 2.64. The standard InChI is InChI=1S/C14H14N2O2.ClH/c1-2-12-3-5-13(6-4-12)9-15-7-8-16(11-15)10-14(17)18;/h2-8,11H,1,9-10H2;1H. The summed E-state index contributed by atoms with van der Waals surface area (Å²) in [6, 6.07) is 8.10. The molecule has 1 aromatic carbocycles. The van der Waals surface area contributed by atoms with Gasteiger partial charge in [-0.1, -0.05) is 36.9 Å². The van der Waals surface area contributed by atoms with Crippen molar-refractivity contribution < 1.29 is 26.9 Å². The van der Waals surface area contributed by atoms with E-state index in [1.807, 2.05) is 35.0 Å². The van der Waals surface area contributed by atoms with Crippen LogP contribution < -0.4 is 17.0 Å². The SMILES string of the molecule is C=Cc1ccc(C[n+]2ccn(CC(=O)O)c2)cc1.[Cl-]. The summed E-state index contributed by atoms with van der Waals surface area (Å²) in [5.41, 5.74) is 2.26. The van der Waals surface area contributed by atoms with Gasteiger partial charge in [-0.15, -0.1) is 0 Å². The number of rotatable bonds is 5. The quantitative estimate of drug-likeness (QED) is 0.681. The molecule has 0 radical (unpaired) electrons. The van der Waals surface area contributed by atoms with Gasteiger partial charge < -0.3 is 17.5 Å². The normalized spacial score (nSPS) is 9.68. The van der Waals surface area contributed by atoms with Crippen molar-refractivity contribution in [3.05, 3.63) is 60.7 Å². The molecule has 0 bridgehead atoms. The summed E-state index contributed by atoms with van der Waals surface area (Å²) >= 11 is 0. The predicted octanol–water partition coefficient (Wildman–Crippen LogP) is -1.44. The van der Waals surface area contributed by atoms with Gasteiger partial charge in [0, 0.05) is 0 Å². The number of aliphatic carboxylic acids is 1. The van der Waals surface area contributed by atoms with Crippen LogP contribution in [-0.2, 0) is 17.9 Å². The van der Waals surface area contributed by atoms with Crippen molar-refractivity contribution in [2.24, 2.45) is 0 Å². The number of imidazole rings is 1. The van der Waals surface area contributed by atoms with Gasteiger partial charge in [0.2, 0.25) is 6.33 Å². The van der Waals surface area contributed by atoms with E-state index in [1.165, 1.54) is 5.56 Å². The van der Waals surface area contributed by atoms with Gasteiger partial charge in [0.1, 0.15) is 18.9 Å². The molecule has 0 saturated carbocycles. The molecular weight excluding hydrogens is 264 g/mol. The molecule has 2 rings (SSSR count). The predicted molar refractivity (Wildman–Crippen MR) is 67.9 cm³/mol. The molecule has 0 aliphatic carbocycles.